The van der Waals surface area contributed by atoms with Crippen molar-refractivity contribution in [2.45, 2.75) is 33.2 Å². The third-order valence-electron chi connectivity index (χ3n) is 2.84. The largest absolute Gasteiger partial charge is 0.353 e. The van der Waals surface area contributed by atoms with Crippen LogP contribution >= 0.6 is 22.9 Å². The van der Waals surface area contributed by atoms with Crippen LogP contribution in [-0.4, -0.2) is 22.0 Å². The molecule has 4 nitrogen and oxygen atoms in total. The van der Waals surface area contributed by atoms with E-state index in [9.17, 15) is 0 Å². The molecule has 2 heterocycles. The van der Waals surface area contributed by atoms with E-state index < -0.39 is 0 Å². The van der Waals surface area contributed by atoms with Crippen molar-refractivity contribution in [3.63, 3.8) is 0 Å². The Bertz CT molecular complexity index is 554. The van der Waals surface area contributed by atoms with E-state index in [2.05, 4.69) is 33.7 Å². The van der Waals surface area contributed by atoms with Crippen LogP contribution in [0.5, 0.6) is 0 Å². The van der Waals surface area contributed by atoms with Gasteiger partial charge in [0.15, 0.2) is 0 Å². The number of thiazole rings is 1. The fourth-order valence-electron chi connectivity index (χ4n) is 1.76. The standard InChI is InChI=1S/C13H17ClN4S/c1-8(2)12-16-11(14)9(3)13(17-12)18(4)5-10-6-19-7-15-10/h6-8H,5H2,1-4H3. The smallest absolute Gasteiger partial charge is 0.137 e. The Balaban J connectivity index is 2.32. The maximum absolute atomic E-state index is 6.20. The third kappa shape index (κ3) is 3.22. The molecular weight excluding hydrogens is 280 g/mol. The molecule has 0 radical (unpaired) electrons. The van der Waals surface area contributed by atoms with Crippen LogP contribution < -0.4 is 4.90 Å². The molecule has 0 aliphatic rings. The molecule has 0 N–H and O–H groups in total. The fourth-order valence-corrected chi connectivity index (χ4v) is 2.48. The number of hydrogen-bond donors (Lipinski definition) is 0. The van der Waals surface area contributed by atoms with Crippen molar-refractivity contribution < 1.29 is 0 Å². The number of rotatable bonds is 4. The molecule has 102 valence electrons. The van der Waals surface area contributed by atoms with E-state index in [4.69, 9.17) is 11.6 Å². The van der Waals surface area contributed by atoms with E-state index in [0.717, 1.165) is 29.4 Å². The summed E-state index contributed by atoms with van der Waals surface area (Å²) in [6.07, 6.45) is 0. The van der Waals surface area contributed by atoms with Gasteiger partial charge in [0.25, 0.3) is 0 Å². The minimum atomic E-state index is 0.254. The zero-order valence-electron chi connectivity index (χ0n) is 11.5. The van der Waals surface area contributed by atoms with Gasteiger partial charge in [-0.3, -0.25) is 0 Å². The SMILES string of the molecule is Cc1c(Cl)nc(C(C)C)nc1N(C)Cc1cscn1. The van der Waals surface area contributed by atoms with Crippen LogP contribution in [0.25, 0.3) is 0 Å². The van der Waals surface area contributed by atoms with E-state index in [1.165, 1.54) is 0 Å². The molecule has 0 spiro atoms. The van der Waals surface area contributed by atoms with Gasteiger partial charge in [-0.25, -0.2) is 15.0 Å². The quantitative estimate of drug-likeness (QED) is 0.808. The molecule has 0 fully saturated rings. The average molecular weight is 297 g/mol. The Morgan fingerprint density at radius 3 is 2.68 bits per heavy atom. The van der Waals surface area contributed by atoms with Gasteiger partial charge in [0.05, 0.1) is 17.7 Å². The highest BCUT2D eigenvalue weighted by atomic mass is 35.5. The predicted octanol–water partition coefficient (Wildman–Crippen LogP) is 3.65. The fraction of sp³-hybridized carbons (Fsp3) is 0.462. The molecular formula is C13H17ClN4S. The van der Waals surface area contributed by atoms with Crippen molar-refractivity contribution in [2.75, 3.05) is 11.9 Å². The van der Waals surface area contributed by atoms with Gasteiger partial charge in [-0.2, -0.15) is 0 Å². The van der Waals surface area contributed by atoms with Gasteiger partial charge in [0.1, 0.15) is 16.8 Å². The second kappa shape index (κ2) is 5.84. The number of halogens is 1. The first kappa shape index (κ1) is 14.2. The second-order valence-electron chi connectivity index (χ2n) is 4.81. The summed E-state index contributed by atoms with van der Waals surface area (Å²) in [5.41, 5.74) is 3.78. The average Bonchev–Trinajstić information content (AvgIpc) is 2.84. The van der Waals surface area contributed by atoms with Crippen molar-refractivity contribution in [2.24, 2.45) is 0 Å². The topological polar surface area (TPSA) is 41.9 Å². The van der Waals surface area contributed by atoms with E-state index in [1.807, 2.05) is 24.9 Å². The molecule has 6 heteroatoms. The second-order valence-corrected chi connectivity index (χ2v) is 5.89. The van der Waals surface area contributed by atoms with Crippen LogP contribution in [0.3, 0.4) is 0 Å². The van der Waals surface area contributed by atoms with Crippen LogP contribution in [0.2, 0.25) is 5.15 Å². The summed E-state index contributed by atoms with van der Waals surface area (Å²) in [7, 11) is 2.00. The first-order valence-electron chi connectivity index (χ1n) is 6.11. The van der Waals surface area contributed by atoms with Crippen LogP contribution in [0, 0.1) is 6.92 Å². The van der Waals surface area contributed by atoms with Crippen molar-refractivity contribution in [1.82, 2.24) is 15.0 Å². The van der Waals surface area contributed by atoms with Crippen molar-refractivity contribution in [1.29, 1.82) is 0 Å². The summed E-state index contributed by atoms with van der Waals surface area (Å²) in [5, 5.41) is 2.57. The first-order chi connectivity index (χ1) is 8.99. The molecule has 2 aromatic heterocycles. The zero-order chi connectivity index (χ0) is 14.0. The zero-order valence-corrected chi connectivity index (χ0v) is 13.1. The van der Waals surface area contributed by atoms with E-state index in [-0.39, 0.29) is 5.92 Å². The van der Waals surface area contributed by atoms with E-state index in [0.29, 0.717) is 5.15 Å². The highest BCUT2D eigenvalue weighted by Gasteiger charge is 2.15. The summed E-state index contributed by atoms with van der Waals surface area (Å²) in [5.74, 6) is 1.90. The van der Waals surface area contributed by atoms with Crippen molar-refractivity contribution in [3.8, 4) is 0 Å². The van der Waals surface area contributed by atoms with Gasteiger partial charge >= 0.3 is 0 Å². The van der Waals surface area contributed by atoms with Crippen LogP contribution in [0.1, 0.15) is 36.8 Å². The monoisotopic (exact) mass is 296 g/mol. The lowest BCUT2D eigenvalue weighted by atomic mass is 10.2. The molecule has 0 bridgehead atoms. The minimum Gasteiger partial charge on any atom is -0.353 e. The van der Waals surface area contributed by atoms with E-state index in [1.54, 1.807) is 11.3 Å². The maximum Gasteiger partial charge on any atom is 0.137 e. The molecule has 0 saturated heterocycles. The molecule has 0 aliphatic heterocycles. The minimum absolute atomic E-state index is 0.254. The van der Waals surface area contributed by atoms with Crippen LogP contribution in [0.4, 0.5) is 5.82 Å². The molecule has 0 saturated carbocycles. The Morgan fingerprint density at radius 1 is 1.37 bits per heavy atom. The molecule has 19 heavy (non-hydrogen) atoms. The lowest BCUT2D eigenvalue weighted by molar-refractivity contribution is 0.756. The molecule has 0 atom stereocenters. The Morgan fingerprint density at radius 2 is 2.11 bits per heavy atom. The summed E-state index contributed by atoms with van der Waals surface area (Å²) in [6, 6.07) is 0. The number of anilines is 1. The molecule has 0 aromatic carbocycles. The van der Waals surface area contributed by atoms with Crippen LogP contribution in [0.15, 0.2) is 10.9 Å². The summed E-state index contributed by atoms with van der Waals surface area (Å²) < 4.78 is 0. The molecule has 0 amide bonds. The van der Waals surface area contributed by atoms with Crippen LogP contribution in [-0.2, 0) is 6.54 Å². The third-order valence-corrected chi connectivity index (χ3v) is 3.84. The van der Waals surface area contributed by atoms with Crippen molar-refractivity contribution in [3.05, 3.63) is 33.1 Å². The number of hydrogen-bond acceptors (Lipinski definition) is 5. The predicted molar refractivity (Wildman–Crippen MR) is 80.1 cm³/mol. The van der Waals surface area contributed by atoms with Gasteiger partial charge in [-0.05, 0) is 6.92 Å². The van der Waals surface area contributed by atoms with Gasteiger partial charge in [0.2, 0.25) is 0 Å². The summed E-state index contributed by atoms with van der Waals surface area (Å²) in [4.78, 5) is 15.3. The van der Waals surface area contributed by atoms with Gasteiger partial charge in [0, 0.05) is 23.9 Å². The maximum atomic E-state index is 6.20. The highest BCUT2D eigenvalue weighted by Crippen LogP contribution is 2.26. The van der Waals surface area contributed by atoms with Crippen molar-refractivity contribution >= 4 is 28.8 Å². The first-order valence-corrected chi connectivity index (χ1v) is 7.43. The molecule has 0 aliphatic carbocycles. The summed E-state index contributed by atoms with van der Waals surface area (Å²) >= 11 is 7.79. The lowest BCUT2D eigenvalue weighted by Gasteiger charge is -2.21. The normalized spacial score (nSPS) is 11.1. The van der Waals surface area contributed by atoms with Gasteiger partial charge < -0.3 is 4.90 Å². The highest BCUT2D eigenvalue weighted by molar-refractivity contribution is 7.07. The Kier molecular flexibility index (Phi) is 4.37. The summed E-state index contributed by atoms with van der Waals surface area (Å²) in [6.45, 7) is 6.78. The molecule has 2 aromatic rings. The Labute approximate surface area is 122 Å². The molecule has 0 unspecified atom stereocenters. The number of aromatic nitrogens is 3. The van der Waals surface area contributed by atoms with E-state index >= 15 is 0 Å². The number of nitrogens with zero attached hydrogens (tertiary/aromatic N) is 4. The van der Waals surface area contributed by atoms with Gasteiger partial charge in [-0.1, -0.05) is 25.4 Å². The van der Waals surface area contributed by atoms with Gasteiger partial charge in [-0.15, -0.1) is 11.3 Å². The molecule has 2 rings (SSSR count). The lowest BCUT2D eigenvalue weighted by Crippen LogP contribution is -2.20. The Hall–Kier alpha value is -1.20.